The zero-order valence-electron chi connectivity index (χ0n) is 13.6. The molecule has 1 unspecified atom stereocenters. The number of aromatic nitrogens is 2. The van der Waals surface area contributed by atoms with Crippen molar-refractivity contribution in [1.82, 2.24) is 9.97 Å². The lowest BCUT2D eigenvalue weighted by Gasteiger charge is -2.28. The van der Waals surface area contributed by atoms with Crippen molar-refractivity contribution < 1.29 is 22.7 Å². The average molecular weight is 386 g/mol. The van der Waals surface area contributed by atoms with Gasteiger partial charge < -0.3 is 14.8 Å². The number of anilines is 1. The van der Waals surface area contributed by atoms with Crippen LogP contribution in [-0.4, -0.2) is 27.8 Å². The van der Waals surface area contributed by atoms with Gasteiger partial charge in [0.05, 0.1) is 5.52 Å². The van der Waals surface area contributed by atoms with Gasteiger partial charge in [-0.25, -0.2) is 9.97 Å². The van der Waals surface area contributed by atoms with Crippen molar-refractivity contribution in [3.05, 3.63) is 53.2 Å². The van der Waals surface area contributed by atoms with E-state index in [0.717, 1.165) is 6.07 Å². The summed E-state index contributed by atoms with van der Waals surface area (Å²) in [5.41, 5.74) is -2.54. The van der Waals surface area contributed by atoms with Gasteiger partial charge in [-0.05, 0) is 37.3 Å². The van der Waals surface area contributed by atoms with E-state index >= 15 is 0 Å². The van der Waals surface area contributed by atoms with Crippen molar-refractivity contribution >= 4 is 28.3 Å². The highest BCUT2D eigenvalue weighted by Gasteiger charge is 2.56. The largest absolute Gasteiger partial charge is 0.463 e. The van der Waals surface area contributed by atoms with E-state index in [9.17, 15) is 18.3 Å². The van der Waals surface area contributed by atoms with E-state index in [1.165, 1.54) is 19.3 Å². The molecule has 2 heterocycles. The van der Waals surface area contributed by atoms with Gasteiger partial charge in [-0.3, -0.25) is 0 Å². The Kier molecular flexibility index (Phi) is 4.81. The number of nitrogens with zero attached hydrogens (tertiary/aromatic N) is 2. The molecular weight excluding hydrogens is 371 g/mol. The van der Waals surface area contributed by atoms with Gasteiger partial charge in [0, 0.05) is 23.4 Å². The molecular formula is C17H15ClF3N3O2. The van der Waals surface area contributed by atoms with Crippen molar-refractivity contribution in [3.63, 3.8) is 0 Å². The van der Waals surface area contributed by atoms with Gasteiger partial charge in [0.15, 0.2) is 0 Å². The van der Waals surface area contributed by atoms with Crippen LogP contribution in [0.5, 0.6) is 0 Å². The number of halogens is 4. The molecule has 138 valence electrons. The first-order valence-electron chi connectivity index (χ1n) is 7.71. The van der Waals surface area contributed by atoms with Gasteiger partial charge in [-0.1, -0.05) is 11.6 Å². The number of furan rings is 1. The maximum absolute atomic E-state index is 13.4. The Balaban J connectivity index is 1.81. The van der Waals surface area contributed by atoms with Crippen LogP contribution in [0.25, 0.3) is 10.9 Å². The zero-order chi connectivity index (χ0) is 18.9. The molecule has 0 saturated heterocycles. The minimum absolute atomic E-state index is 0.190. The number of aryl methyl sites for hydroxylation is 1. The Morgan fingerprint density at radius 3 is 2.62 bits per heavy atom. The summed E-state index contributed by atoms with van der Waals surface area (Å²) in [5, 5.41) is 14.2. The lowest BCUT2D eigenvalue weighted by Crippen LogP contribution is -2.43. The number of fused-ring (bicyclic) bond motifs is 1. The average Bonchev–Trinajstić information content (AvgIpc) is 3.00. The van der Waals surface area contributed by atoms with Crippen molar-refractivity contribution in [2.45, 2.75) is 25.1 Å². The standard InChI is InChI=1S/C17H15ClF3N3O2/c1-10-2-5-14(26-10)16(25,17(19,20)21)6-7-22-15-12-4-3-11(18)8-13(12)23-9-24-15/h2-5,8-9,25H,6-7H2,1H3,(H,22,23,24). The van der Waals surface area contributed by atoms with Crippen LogP contribution in [0.3, 0.4) is 0 Å². The van der Waals surface area contributed by atoms with Gasteiger partial charge in [0.2, 0.25) is 5.60 Å². The summed E-state index contributed by atoms with van der Waals surface area (Å²) in [5.74, 6) is 0.102. The highest BCUT2D eigenvalue weighted by molar-refractivity contribution is 6.31. The van der Waals surface area contributed by atoms with Gasteiger partial charge in [-0.2, -0.15) is 13.2 Å². The third kappa shape index (κ3) is 3.47. The molecule has 0 spiro atoms. The Bertz CT molecular complexity index is 929. The van der Waals surface area contributed by atoms with Crippen LogP contribution < -0.4 is 5.32 Å². The highest BCUT2D eigenvalue weighted by atomic mass is 35.5. The van der Waals surface area contributed by atoms with Crippen LogP contribution in [0.15, 0.2) is 41.1 Å². The molecule has 9 heteroatoms. The normalized spacial score (nSPS) is 14.4. The van der Waals surface area contributed by atoms with E-state index in [4.69, 9.17) is 16.0 Å². The molecule has 0 fully saturated rings. The van der Waals surface area contributed by atoms with Crippen molar-refractivity contribution in [2.75, 3.05) is 11.9 Å². The first-order chi connectivity index (χ1) is 12.2. The zero-order valence-corrected chi connectivity index (χ0v) is 14.4. The topological polar surface area (TPSA) is 71.2 Å². The summed E-state index contributed by atoms with van der Waals surface area (Å²) in [6, 6.07) is 7.44. The Morgan fingerprint density at radius 1 is 1.19 bits per heavy atom. The Labute approximate surface area is 151 Å². The number of nitrogens with one attached hydrogen (secondary N) is 1. The second kappa shape index (κ2) is 6.77. The Hall–Kier alpha value is -2.32. The van der Waals surface area contributed by atoms with Crippen LogP contribution in [0.2, 0.25) is 5.02 Å². The van der Waals surface area contributed by atoms with E-state index < -0.39 is 24.0 Å². The molecule has 3 rings (SSSR count). The minimum Gasteiger partial charge on any atom is -0.463 e. The summed E-state index contributed by atoms with van der Waals surface area (Å²) in [6.07, 6.45) is -4.25. The van der Waals surface area contributed by atoms with E-state index in [1.807, 2.05) is 0 Å². The number of rotatable bonds is 5. The summed E-state index contributed by atoms with van der Waals surface area (Å²) >= 11 is 5.91. The molecule has 0 bridgehead atoms. The molecule has 0 saturated carbocycles. The summed E-state index contributed by atoms with van der Waals surface area (Å²) < 4.78 is 45.4. The molecule has 1 atom stereocenters. The van der Waals surface area contributed by atoms with Crippen molar-refractivity contribution in [1.29, 1.82) is 0 Å². The number of aliphatic hydroxyl groups is 1. The number of alkyl halides is 3. The van der Waals surface area contributed by atoms with Gasteiger partial charge >= 0.3 is 6.18 Å². The first-order valence-corrected chi connectivity index (χ1v) is 8.09. The van der Waals surface area contributed by atoms with Gasteiger partial charge in [-0.15, -0.1) is 0 Å². The number of benzene rings is 1. The molecule has 0 aliphatic carbocycles. The van der Waals surface area contributed by atoms with E-state index in [-0.39, 0.29) is 12.3 Å². The molecule has 1 aromatic carbocycles. The third-order valence-electron chi connectivity index (χ3n) is 3.99. The van der Waals surface area contributed by atoms with Crippen LogP contribution in [0.4, 0.5) is 19.0 Å². The predicted octanol–water partition coefficient (Wildman–Crippen LogP) is 4.44. The molecule has 5 nitrogen and oxygen atoms in total. The smallest absolute Gasteiger partial charge is 0.424 e. The minimum atomic E-state index is -4.89. The molecule has 26 heavy (non-hydrogen) atoms. The SMILES string of the molecule is Cc1ccc(C(O)(CCNc2ncnc3cc(Cl)ccc23)C(F)(F)F)o1. The predicted molar refractivity (Wildman–Crippen MR) is 91.1 cm³/mol. The summed E-state index contributed by atoms with van der Waals surface area (Å²) in [4.78, 5) is 8.11. The lowest BCUT2D eigenvalue weighted by molar-refractivity contribution is -0.274. The molecule has 0 amide bonds. The van der Waals surface area contributed by atoms with Crippen LogP contribution in [0.1, 0.15) is 17.9 Å². The fourth-order valence-corrected chi connectivity index (χ4v) is 2.76. The van der Waals surface area contributed by atoms with E-state index in [0.29, 0.717) is 21.7 Å². The molecule has 3 aromatic rings. The van der Waals surface area contributed by atoms with Gasteiger partial charge in [0.1, 0.15) is 23.7 Å². The fourth-order valence-electron chi connectivity index (χ4n) is 2.59. The molecule has 2 aromatic heterocycles. The van der Waals surface area contributed by atoms with Gasteiger partial charge in [0.25, 0.3) is 0 Å². The monoisotopic (exact) mass is 385 g/mol. The molecule has 0 aliphatic rings. The lowest BCUT2D eigenvalue weighted by atomic mass is 9.95. The fraction of sp³-hybridized carbons (Fsp3) is 0.294. The first kappa shape index (κ1) is 18.5. The van der Waals surface area contributed by atoms with Crippen LogP contribution >= 0.6 is 11.6 Å². The number of hydrogen-bond acceptors (Lipinski definition) is 5. The third-order valence-corrected chi connectivity index (χ3v) is 4.23. The van der Waals surface area contributed by atoms with Crippen LogP contribution in [-0.2, 0) is 5.60 Å². The second-order valence-corrected chi connectivity index (χ2v) is 6.27. The van der Waals surface area contributed by atoms with Crippen LogP contribution in [0, 0.1) is 6.92 Å². The summed E-state index contributed by atoms with van der Waals surface area (Å²) in [6.45, 7) is 1.32. The van der Waals surface area contributed by atoms with Crippen molar-refractivity contribution in [2.24, 2.45) is 0 Å². The van der Waals surface area contributed by atoms with E-state index in [2.05, 4.69) is 15.3 Å². The second-order valence-electron chi connectivity index (χ2n) is 5.83. The quantitative estimate of drug-likeness (QED) is 0.679. The maximum Gasteiger partial charge on any atom is 0.424 e. The molecule has 2 N–H and O–H groups in total. The molecule has 0 radical (unpaired) electrons. The Morgan fingerprint density at radius 2 is 1.96 bits per heavy atom. The number of hydrogen-bond donors (Lipinski definition) is 2. The van der Waals surface area contributed by atoms with Crippen molar-refractivity contribution in [3.8, 4) is 0 Å². The summed E-state index contributed by atoms with van der Waals surface area (Å²) in [7, 11) is 0. The maximum atomic E-state index is 13.4. The molecule has 0 aliphatic heterocycles. The van der Waals surface area contributed by atoms with E-state index in [1.54, 1.807) is 18.2 Å². The highest BCUT2D eigenvalue weighted by Crippen LogP contribution is 2.42.